The van der Waals surface area contributed by atoms with Crippen molar-refractivity contribution in [2.45, 2.75) is 32.4 Å². The average molecular weight is 378 g/mol. The number of hydrogen-bond acceptors (Lipinski definition) is 4. The second-order valence-electron chi connectivity index (χ2n) is 7.50. The van der Waals surface area contributed by atoms with E-state index in [-0.39, 0.29) is 0 Å². The molecule has 1 aliphatic rings. The van der Waals surface area contributed by atoms with E-state index in [0.29, 0.717) is 6.04 Å². The molecule has 0 aliphatic carbocycles. The van der Waals surface area contributed by atoms with Crippen LogP contribution >= 0.6 is 0 Å². The van der Waals surface area contributed by atoms with Crippen LogP contribution in [0.2, 0.25) is 0 Å². The molecule has 0 radical (unpaired) electrons. The summed E-state index contributed by atoms with van der Waals surface area (Å²) in [7, 11) is 0. The van der Waals surface area contributed by atoms with Crippen LogP contribution in [-0.2, 0) is 6.54 Å². The lowest BCUT2D eigenvalue weighted by Crippen LogP contribution is -3.15. The van der Waals surface area contributed by atoms with Gasteiger partial charge in [0.25, 0.3) is 0 Å². The van der Waals surface area contributed by atoms with Crippen molar-refractivity contribution in [1.82, 2.24) is 20.2 Å². The summed E-state index contributed by atoms with van der Waals surface area (Å²) in [5.74, 6) is 1.02. The molecule has 0 bridgehead atoms. The van der Waals surface area contributed by atoms with Gasteiger partial charge in [0.05, 0.1) is 32.7 Å². The predicted octanol–water partition coefficient (Wildman–Crippen LogP) is 1.97. The van der Waals surface area contributed by atoms with Crippen LogP contribution in [0, 0.1) is 0 Å². The second kappa shape index (κ2) is 8.97. The maximum absolute atomic E-state index is 4.45. The number of rotatable bonds is 7. The molecule has 28 heavy (non-hydrogen) atoms. The number of benzene rings is 2. The highest BCUT2D eigenvalue weighted by molar-refractivity contribution is 5.46. The average Bonchev–Trinajstić information content (AvgIpc) is 3.21. The van der Waals surface area contributed by atoms with Gasteiger partial charge in [0.15, 0.2) is 0 Å². The number of quaternary nitrogens is 1. The molecule has 0 unspecified atom stereocenters. The van der Waals surface area contributed by atoms with E-state index in [1.807, 2.05) is 10.7 Å². The summed E-state index contributed by atoms with van der Waals surface area (Å²) in [5.41, 5.74) is 2.55. The van der Waals surface area contributed by atoms with Crippen LogP contribution in [0.5, 0.6) is 0 Å². The maximum Gasteiger partial charge on any atom is 0.209 e. The lowest BCUT2D eigenvalue weighted by molar-refractivity contribution is -0.933. The summed E-state index contributed by atoms with van der Waals surface area (Å²) < 4.78 is 1.99. The molecule has 1 N–H and O–H groups in total. The Morgan fingerprint density at radius 2 is 1.64 bits per heavy atom. The Morgan fingerprint density at radius 3 is 2.32 bits per heavy atom. The first-order valence-electron chi connectivity index (χ1n) is 10.3. The Balaban J connectivity index is 1.47. The first kappa shape index (κ1) is 18.6. The number of piperazine rings is 1. The highest BCUT2D eigenvalue weighted by Gasteiger charge is 2.32. The van der Waals surface area contributed by atoms with E-state index in [1.54, 1.807) is 4.90 Å². The molecular weight excluding hydrogens is 348 g/mol. The first-order chi connectivity index (χ1) is 13.8. The van der Waals surface area contributed by atoms with Crippen LogP contribution in [0.15, 0.2) is 60.7 Å². The molecule has 1 atom stereocenters. The lowest BCUT2D eigenvalue weighted by Gasteiger charge is -2.37. The van der Waals surface area contributed by atoms with Gasteiger partial charge in [-0.3, -0.25) is 0 Å². The van der Waals surface area contributed by atoms with Gasteiger partial charge in [0, 0.05) is 12.1 Å². The third-order valence-corrected chi connectivity index (χ3v) is 5.64. The third-order valence-electron chi connectivity index (χ3n) is 5.64. The first-order valence-corrected chi connectivity index (χ1v) is 10.3. The van der Waals surface area contributed by atoms with Gasteiger partial charge in [-0.15, -0.1) is 5.10 Å². The van der Waals surface area contributed by atoms with Gasteiger partial charge in [0.2, 0.25) is 5.82 Å². The van der Waals surface area contributed by atoms with E-state index < -0.39 is 0 Å². The van der Waals surface area contributed by atoms with E-state index >= 15 is 0 Å². The molecule has 1 aromatic heterocycles. The van der Waals surface area contributed by atoms with E-state index in [2.05, 4.69) is 81.9 Å². The summed E-state index contributed by atoms with van der Waals surface area (Å²) >= 11 is 0. The molecule has 1 fully saturated rings. The number of para-hydroxylation sites is 1. The summed E-state index contributed by atoms with van der Waals surface area (Å²) in [6.45, 7) is 7.33. The van der Waals surface area contributed by atoms with E-state index in [9.17, 15) is 0 Å². The molecule has 0 amide bonds. The van der Waals surface area contributed by atoms with Crippen molar-refractivity contribution in [3.05, 3.63) is 72.1 Å². The number of aromatic nitrogens is 4. The minimum atomic E-state index is 0.349. The molecule has 3 aromatic rings. The van der Waals surface area contributed by atoms with E-state index in [1.165, 1.54) is 11.3 Å². The monoisotopic (exact) mass is 377 g/mol. The molecule has 0 saturated carbocycles. The molecule has 6 heteroatoms. The molecule has 1 aliphatic heterocycles. The fourth-order valence-corrected chi connectivity index (χ4v) is 4.17. The minimum absolute atomic E-state index is 0.349. The van der Waals surface area contributed by atoms with Crippen LogP contribution in [0.4, 0.5) is 5.69 Å². The SMILES string of the molecule is CCC[C@@H](c1nnnn1Cc1ccccc1)[NH+]1CCN(c2ccccc2)CC1. The Labute approximate surface area is 166 Å². The largest absolute Gasteiger partial charge is 0.360 e. The highest BCUT2D eigenvalue weighted by atomic mass is 15.6. The standard InChI is InChI=1S/C22H28N6/c1-2-9-21(22-23-24-25-28(22)18-19-10-5-3-6-11-19)27-16-14-26(15-17-27)20-12-7-4-8-13-20/h3-8,10-13,21H,2,9,14-18H2,1H3/p+1/t21-/m0/s1. The normalized spacial score (nSPS) is 16.2. The van der Waals surface area contributed by atoms with Crippen molar-refractivity contribution in [2.75, 3.05) is 31.1 Å². The van der Waals surface area contributed by atoms with Crippen molar-refractivity contribution in [3.63, 3.8) is 0 Å². The van der Waals surface area contributed by atoms with Crippen LogP contribution < -0.4 is 9.80 Å². The molecule has 6 nitrogen and oxygen atoms in total. The Bertz CT molecular complexity index is 840. The smallest absolute Gasteiger partial charge is 0.209 e. The lowest BCUT2D eigenvalue weighted by atomic mass is 10.1. The van der Waals surface area contributed by atoms with E-state index in [4.69, 9.17) is 0 Å². The van der Waals surface area contributed by atoms with Crippen LogP contribution in [0.3, 0.4) is 0 Å². The number of nitrogens with zero attached hydrogens (tertiary/aromatic N) is 5. The molecule has 2 aromatic carbocycles. The van der Waals surface area contributed by atoms with Gasteiger partial charge in [0.1, 0.15) is 6.04 Å². The maximum atomic E-state index is 4.45. The molecule has 0 spiro atoms. The zero-order valence-electron chi connectivity index (χ0n) is 16.5. The molecule has 146 valence electrons. The summed E-state index contributed by atoms with van der Waals surface area (Å²) in [5, 5.41) is 12.8. The van der Waals surface area contributed by atoms with Crippen LogP contribution in [0.25, 0.3) is 0 Å². The zero-order chi connectivity index (χ0) is 19.2. The van der Waals surface area contributed by atoms with Crippen LogP contribution in [-0.4, -0.2) is 46.4 Å². The fourth-order valence-electron chi connectivity index (χ4n) is 4.17. The third kappa shape index (κ3) is 4.22. The van der Waals surface area contributed by atoms with Crippen molar-refractivity contribution in [1.29, 1.82) is 0 Å². The van der Waals surface area contributed by atoms with Gasteiger partial charge in [-0.05, 0) is 28.1 Å². The van der Waals surface area contributed by atoms with Gasteiger partial charge < -0.3 is 9.80 Å². The topological polar surface area (TPSA) is 51.3 Å². The fraction of sp³-hybridized carbons (Fsp3) is 0.409. The van der Waals surface area contributed by atoms with Crippen molar-refractivity contribution >= 4 is 5.69 Å². The molecular formula is C22H29N6+. The van der Waals surface area contributed by atoms with Gasteiger partial charge in [-0.2, -0.15) is 0 Å². The number of nitrogens with one attached hydrogen (secondary N) is 1. The number of anilines is 1. The van der Waals surface area contributed by atoms with Crippen molar-refractivity contribution in [3.8, 4) is 0 Å². The highest BCUT2D eigenvalue weighted by Crippen LogP contribution is 2.16. The van der Waals surface area contributed by atoms with Gasteiger partial charge in [-0.25, -0.2) is 4.68 Å². The zero-order valence-corrected chi connectivity index (χ0v) is 16.5. The summed E-state index contributed by atoms with van der Waals surface area (Å²) in [4.78, 5) is 4.08. The van der Waals surface area contributed by atoms with Crippen LogP contribution in [0.1, 0.15) is 37.2 Å². The van der Waals surface area contributed by atoms with Gasteiger partial charge >= 0.3 is 0 Å². The predicted molar refractivity (Wildman–Crippen MR) is 110 cm³/mol. The Morgan fingerprint density at radius 1 is 0.964 bits per heavy atom. The summed E-state index contributed by atoms with van der Waals surface area (Å²) in [6.07, 6.45) is 2.24. The Kier molecular flexibility index (Phi) is 5.97. The quantitative estimate of drug-likeness (QED) is 0.684. The minimum Gasteiger partial charge on any atom is -0.360 e. The number of hydrogen-bond donors (Lipinski definition) is 1. The molecule has 2 heterocycles. The molecule has 1 saturated heterocycles. The second-order valence-corrected chi connectivity index (χ2v) is 7.50. The van der Waals surface area contributed by atoms with E-state index in [0.717, 1.165) is 51.4 Å². The van der Waals surface area contributed by atoms with Gasteiger partial charge in [-0.1, -0.05) is 61.9 Å². The molecule has 4 rings (SSSR count). The number of tetrazole rings is 1. The summed E-state index contributed by atoms with van der Waals surface area (Å²) in [6, 6.07) is 21.5. The van der Waals surface area contributed by atoms with Crippen molar-refractivity contribution in [2.24, 2.45) is 0 Å². The van der Waals surface area contributed by atoms with Crippen molar-refractivity contribution < 1.29 is 4.90 Å². The Hall–Kier alpha value is -2.73.